The maximum Gasteiger partial charge on any atom is 0.246 e. The second-order valence-corrected chi connectivity index (χ2v) is 9.65. The second-order valence-electron chi connectivity index (χ2n) is 6.29. The lowest BCUT2D eigenvalue weighted by Gasteiger charge is -2.17. The van der Waals surface area contributed by atoms with Crippen molar-refractivity contribution in [3.63, 3.8) is 0 Å². The van der Waals surface area contributed by atoms with Gasteiger partial charge < -0.3 is 10.1 Å². The lowest BCUT2D eigenvalue weighted by Crippen LogP contribution is -2.26. The zero-order chi connectivity index (χ0) is 19.6. The number of sulfonamides is 1. The number of ether oxygens (including phenoxy) is 1. The standard InChI is InChI=1S/C19H22N2O4S2/c1-4-25-15-10-9-14(12-18(15)27(23,24)21(2)3)20-19(22)17-11-13-7-5-6-8-16(13)26-17/h5-10,12,17H,4,11H2,1-3H3,(H,20,22). The maximum absolute atomic E-state index is 12.7. The van der Waals surface area contributed by atoms with E-state index >= 15 is 0 Å². The first-order valence-corrected chi connectivity index (χ1v) is 10.9. The van der Waals surface area contributed by atoms with E-state index in [0.29, 0.717) is 18.7 Å². The zero-order valence-corrected chi connectivity index (χ0v) is 17.1. The van der Waals surface area contributed by atoms with Crippen molar-refractivity contribution in [2.45, 2.75) is 28.4 Å². The molecule has 1 atom stereocenters. The summed E-state index contributed by atoms with van der Waals surface area (Å²) in [6.07, 6.45) is 0.659. The highest BCUT2D eigenvalue weighted by atomic mass is 32.2. The van der Waals surface area contributed by atoms with Gasteiger partial charge in [-0.2, -0.15) is 0 Å². The first kappa shape index (κ1) is 19.7. The summed E-state index contributed by atoms with van der Waals surface area (Å²) in [5.41, 5.74) is 1.59. The number of hydrogen-bond acceptors (Lipinski definition) is 5. The average molecular weight is 407 g/mol. The van der Waals surface area contributed by atoms with Crippen molar-refractivity contribution < 1.29 is 17.9 Å². The Balaban J connectivity index is 1.82. The van der Waals surface area contributed by atoms with E-state index in [1.807, 2.05) is 24.3 Å². The lowest BCUT2D eigenvalue weighted by molar-refractivity contribution is -0.115. The average Bonchev–Trinajstić information content (AvgIpc) is 3.07. The molecule has 0 aliphatic carbocycles. The molecule has 2 aromatic rings. The number of thioether (sulfide) groups is 1. The first-order valence-electron chi connectivity index (χ1n) is 8.57. The molecule has 144 valence electrons. The topological polar surface area (TPSA) is 75.7 Å². The van der Waals surface area contributed by atoms with Gasteiger partial charge in [-0.15, -0.1) is 11.8 Å². The highest BCUT2D eigenvalue weighted by Gasteiger charge is 2.29. The normalized spacial score (nSPS) is 16.2. The van der Waals surface area contributed by atoms with Gasteiger partial charge in [0.1, 0.15) is 10.6 Å². The van der Waals surface area contributed by atoms with Crippen molar-refractivity contribution >= 4 is 33.4 Å². The van der Waals surface area contributed by atoms with E-state index in [2.05, 4.69) is 5.32 Å². The summed E-state index contributed by atoms with van der Waals surface area (Å²) < 4.78 is 31.8. The van der Waals surface area contributed by atoms with Gasteiger partial charge in [-0.3, -0.25) is 4.79 Å². The molecule has 1 unspecified atom stereocenters. The van der Waals surface area contributed by atoms with Crippen LogP contribution in [-0.4, -0.2) is 44.6 Å². The molecule has 0 fully saturated rings. The van der Waals surface area contributed by atoms with Crippen LogP contribution in [0.1, 0.15) is 12.5 Å². The third kappa shape index (κ3) is 4.12. The minimum absolute atomic E-state index is 0.0366. The van der Waals surface area contributed by atoms with E-state index in [0.717, 1.165) is 14.8 Å². The number of fused-ring (bicyclic) bond motifs is 1. The summed E-state index contributed by atoms with van der Waals surface area (Å²) >= 11 is 1.53. The summed E-state index contributed by atoms with van der Waals surface area (Å²) in [6, 6.07) is 12.6. The zero-order valence-electron chi connectivity index (χ0n) is 15.4. The van der Waals surface area contributed by atoms with Gasteiger partial charge in [0.05, 0.1) is 11.9 Å². The number of hydrogen-bond donors (Lipinski definition) is 1. The summed E-state index contributed by atoms with van der Waals surface area (Å²) in [4.78, 5) is 13.8. The number of amides is 1. The van der Waals surface area contributed by atoms with Crippen LogP contribution in [0.4, 0.5) is 5.69 Å². The highest BCUT2D eigenvalue weighted by Crippen LogP contribution is 2.37. The molecule has 1 heterocycles. The number of benzene rings is 2. The minimum atomic E-state index is -3.70. The van der Waals surface area contributed by atoms with Gasteiger partial charge in [0.25, 0.3) is 0 Å². The molecule has 0 saturated heterocycles. The van der Waals surface area contributed by atoms with Gasteiger partial charge >= 0.3 is 0 Å². The largest absolute Gasteiger partial charge is 0.492 e. The SMILES string of the molecule is CCOc1ccc(NC(=O)C2Cc3ccccc3S2)cc1S(=O)(=O)N(C)C. The molecule has 1 aliphatic rings. The van der Waals surface area contributed by atoms with Crippen molar-refractivity contribution in [2.24, 2.45) is 0 Å². The van der Waals surface area contributed by atoms with Crippen LogP contribution in [-0.2, 0) is 21.2 Å². The van der Waals surface area contributed by atoms with Crippen LogP contribution in [0.15, 0.2) is 52.3 Å². The fraction of sp³-hybridized carbons (Fsp3) is 0.316. The van der Waals surface area contributed by atoms with Gasteiger partial charge in [0.15, 0.2) is 0 Å². The Morgan fingerprint density at radius 1 is 1.26 bits per heavy atom. The van der Waals surface area contributed by atoms with Crippen molar-refractivity contribution in [1.29, 1.82) is 0 Å². The second kappa shape index (κ2) is 7.92. The monoisotopic (exact) mass is 406 g/mol. The first-order chi connectivity index (χ1) is 12.8. The molecule has 1 aliphatic heterocycles. The van der Waals surface area contributed by atoms with Crippen molar-refractivity contribution in [1.82, 2.24) is 4.31 Å². The molecule has 0 spiro atoms. The fourth-order valence-corrected chi connectivity index (χ4v) is 5.06. The molecule has 6 nitrogen and oxygen atoms in total. The van der Waals surface area contributed by atoms with Gasteiger partial charge in [0.2, 0.25) is 15.9 Å². The number of carbonyl (C=O) groups is 1. The van der Waals surface area contributed by atoms with Crippen LogP contribution in [0.2, 0.25) is 0 Å². The van der Waals surface area contributed by atoms with Crippen LogP contribution in [0, 0.1) is 0 Å². The summed E-state index contributed by atoms with van der Waals surface area (Å²) in [6.45, 7) is 2.13. The fourth-order valence-electron chi connectivity index (χ4n) is 2.81. The molecule has 27 heavy (non-hydrogen) atoms. The Kier molecular flexibility index (Phi) is 5.78. The summed E-state index contributed by atoms with van der Waals surface area (Å²) in [7, 11) is -0.777. The molecule has 0 bridgehead atoms. The Bertz CT molecular complexity index is 933. The van der Waals surface area contributed by atoms with Gasteiger partial charge in [-0.25, -0.2) is 12.7 Å². The molecule has 2 aromatic carbocycles. The van der Waals surface area contributed by atoms with Gasteiger partial charge in [-0.05, 0) is 43.2 Å². The van der Waals surface area contributed by atoms with Crippen LogP contribution < -0.4 is 10.1 Å². The van der Waals surface area contributed by atoms with Gasteiger partial charge in [-0.1, -0.05) is 18.2 Å². The molecule has 0 radical (unpaired) electrons. The number of nitrogens with one attached hydrogen (secondary N) is 1. The van der Waals surface area contributed by atoms with E-state index in [-0.39, 0.29) is 21.8 Å². The number of nitrogens with zero attached hydrogens (tertiary/aromatic N) is 1. The van der Waals surface area contributed by atoms with Crippen molar-refractivity contribution in [3.05, 3.63) is 48.0 Å². The summed E-state index contributed by atoms with van der Waals surface area (Å²) in [5.74, 6) is 0.125. The van der Waals surface area contributed by atoms with E-state index in [4.69, 9.17) is 4.74 Å². The molecule has 3 rings (SSSR count). The summed E-state index contributed by atoms with van der Waals surface area (Å²) in [5, 5.41) is 2.61. The molecular formula is C19H22N2O4S2. The number of anilines is 1. The number of rotatable bonds is 6. The Labute approximate surface area is 164 Å². The third-order valence-corrected chi connectivity index (χ3v) is 7.36. The third-order valence-electron chi connectivity index (χ3n) is 4.21. The smallest absolute Gasteiger partial charge is 0.246 e. The molecule has 8 heteroatoms. The van der Waals surface area contributed by atoms with Crippen molar-refractivity contribution in [3.8, 4) is 5.75 Å². The van der Waals surface area contributed by atoms with Crippen molar-refractivity contribution in [2.75, 3.05) is 26.0 Å². The molecular weight excluding hydrogens is 384 g/mol. The predicted octanol–water partition coefficient (Wildman–Crippen LogP) is 2.99. The molecule has 1 amide bonds. The molecule has 1 N–H and O–H groups in total. The number of carbonyl (C=O) groups excluding carboxylic acids is 1. The predicted molar refractivity (Wildman–Crippen MR) is 107 cm³/mol. The highest BCUT2D eigenvalue weighted by molar-refractivity contribution is 8.01. The molecule has 0 aromatic heterocycles. The van der Waals surface area contributed by atoms with Crippen LogP contribution in [0.25, 0.3) is 0 Å². The van der Waals surface area contributed by atoms with Crippen LogP contribution in [0.3, 0.4) is 0 Å². The van der Waals surface area contributed by atoms with E-state index in [9.17, 15) is 13.2 Å². The quantitative estimate of drug-likeness (QED) is 0.798. The Hall–Kier alpha value is -2.03. The minimum Gasteiger partial charge on any atom is -0.492 e. The maximum atomic E-state index is 12.7. The van der Waals surface area contributed by atoms with Crippen LogP contribution in [0.5, 0.6) is 5.75 Å². The van der Waals surface area contributed by atoms with E-state index in [1.54, 1.807) is 19.1 Å². The lowest BCUT2D eigenvalue weighted by atomic mass is 10.1. The van der Waals surface area contributed by atoms with Gasteiger partial charge in [0, 0.05) is 24.7 Å². The molecule has 0 saturated carbocycles. The van der Waals surface area contributed by atoms with E-state index in [1.165, 1.54) is 31.9 Å². The van der Waals surface area contributed by atoms with Crippen LogP contribution >= 0.6 is 11.8 Å². The van der Waals surface area contributed by atoms with E-state index < -0.39 is 10.0 Å². The Morgan fingerprint density at radius 3 is 2.67 bits per heavy atom. The Morgan fingerprint density at radius 2 is 2.00 bits per heavy atom.